The van der Waals surface area contributed by atoms with Gasteiger partial charge in [-0.15, -0.1) is 11.3 Å². The first-order chi connectivity index (χ1) is 11.2. The van der Waals surface area contributed by atoms with E-state index in [1.54, 1.807) is 5.38 Å². The minimum Gasteiger partial charge on any atom is -0.240 e. The number of hydrogen-bond acceptors (Lipinski definition) is 5. The maximum Gasteiger partial charge on any atom is 0.390 e. The maximum atomic E-state index is 12.1. The van der Waals surface area contributed by atoms with Crippen molar-refractivity contribution in [3.63, 3.8) is 0 Å². The molecule has 0 radical (unpaired) electrons. The molecule has 0 saturated carbocycles. The first-order valence-electron chi connectivity index (χ1n) is 6.69. The van der Waals surface area contributed by atoms with Crippen LogP contribution >= 0.6 is 11.3 Å². The molecule has 0 aliphatic carbocycles. The van der Waals surface area contributed by atoms with Crippen LogP contribution in [0.3, 0.4) is 0 Å². The molecule has 1 heterocycles. The summed E-state index contributed by atoms with van der Waals surface area (Å²) in [7, 11) is -4.00. The van der Waals surface area contributed by atoms with Crippen LogP contribution in [-0.4, -0.2) is 26.1 Å². The zero-order chi connectivity index (χ0) is 17.8. The zero-order valence-electron chi connectivity index (χ0n) is 12.2. The van der Waals surface area contributed by atoms with Gasteiger partial charge in [0.25, 0.3) is 0 Å². The number of nitrogens with zero attached hydrogens (tertiary/aromatic N) is 2. The molecule has 10 heteroatoms. The average molecular weight is 375 g/mol. The molecule has 0 unspecified atom stereocenters. The Morgan fingerprint density at radius 1 is 1.25 bits per heavy atom. The highest BCUT2D eigenvalue weighted by atomic mass is 32.2. The van der Waals surface area contributed by atoms with E-state index in [0.29, 0.717) is 16.3 Å². The van der Waals surface area contributed by atoms with Crippen molar-refractivity contribution in [3.05, 3.63) is 34.7 Å². The third kappa shape index (κ3) is 5.02. The van der Waals surface area contributed by atoms with E-state index in [9.17, 15) is 21.6 Å². The Morgan fingerprint density at radius 2 is 1.92 bits per heavy atom. The van der Waals surface area contributed by atoms with Gasteiger partial charge in [-0.1, -0.05) is 12.1 Å². The SMILES string of the molecule is N#CCc1nc(-c2ccc(S(=O)(=O)NCCC(F)(F)F)cc2)cs1. The lowest BCUT2D eigenvalue weighted by Gasteiger charge is -2.09. The molecule has 0 aliphatic heterocycles. The van der Waals surface area contributed by atoms with Crippen LogP contribution in [0.25, 0.3) is 11.3 Å². The van der Waals surface area contributed by atoms with Crippen molar-refractivity contribution in [2.24, 2.45) is 0 Å². The van der Waals surface area contributed by atoms with Crippen LogP contribution in [0.2, 0.25) is 0 Å². The fourth-order valence-electron chi connectivity index (χ4n) is 1.81. The van der Waals surface area contributed by atoms with Gasteiger partial charge >= 0.3 is 6.18 Å². The summed E-state index contributed by atoms with van der Waals surface area (Å²) in [6.07, 6.45) is -5.46. The average Bonchev–Trinajstić information content (AvgIpc) is 2.95. The summed E-state index contributed by atoms with van der Waals surface area (Å²) in [6.45, 7) is -0.711. The van der Waals surface area contributed by atoms with E-state index in [2.05, 4.69) is 4.98 Å². The standard InChI is InChI=1S/C14H12F3N3O2S2/c15-14(16,17)6-8-19-24(21,22)11-3-1-10(2-4-11)12-9-23-13(20-12)5-7-18/h1-4,9,19H,5-6,8H2. The predicted molar refractivity (Wildman–Crippen MR) is 82.7 cm³/mol. The van der Waals surface area contributed by atoms with Crippen molar-refractivity contribution < 1.29 is 21.6 Å². The van der Waals surface area contributed by atoms with Crippen molar-refractivity contribution in [2.75, 3.05) is 6.54 Å². The zero-order valence-corrected chi connectivity index (χ0v) is 13.8. The number of sulfonamides is 1. The predicted octanol–water partition coefficient (Wildman–Crippen LogP) is 3.11. The summed E-state index contributed by atoms with van der Waals surface area (Å²) >= 11 is 1.32. The van der Waals surface area contributed by atoms with Crippen molar-refractivity contribution in [3.8, 4) is 17.3 Å². The quantitative estimate of drug-likeness (QED) is 0.841. The lowest BCUT2D eigenvalue weighted by atomic mass is 10.2. The van der Waals surface area contributed by atoms with E-state index in [4.69, 9.17) is 5.26 Å². The van der Waals surface area contributed by atoms with Crippen LogP contribution in [0.1, 0.15) is 11.4 Å². The number of benzene rings is 1. The molecule has 0 fully saturated rings. The summed E-state index contributed by atoms with van der Waals surface area (Å²) in [5.41, 5.74) is 1.27. The van der Waals surface area contributed by atoms with Gasteiger partial charge < -0.3 is 0 Å². The molecule has 0 amide bonds. The smallest absolute Gasteiger partial charge is 0.240 e. The number of rotatable bonds is 6. The molecule has 2 rings (SSSR count). The number of alkyl halides is 3. The molecule has 1 aromatic carbocycles. The summed E-state index contributed by atoms with van der Waals surface area (Å²) < 4.78 is 62.0. The second-order valence-electron chi connectivity index (χ2n) is 4.75. The highest BCUT2D eigenvalue weighted by molar-refractivity contribution is 7.89. The maximum absolute atomic E-state index is 12.1. The van der Waals surface area contributed by atoms with E-state index < -0.39 is 29.2 Å². The molecule has 2 aromatic rings. The van der Waals surface area contributed by atoms with Crippen LogP contribution < -0.4 is 4.72 Å². The number of nitrogens with one attached hydrogen (secondary N) is 1. The molecule has 1 N–H and O–H groups in total. The third-order valence-corrected chi connectivity index (χ3v) is 5.27. The van der Waals surface area contributed by atoms with Crippen LogP contribution in [-0.2, 0) is 16.4 Å². The van der Waals surface area contributed by atoms with Gasteiger partial charge in [-0.25, -0.2) is 18.1 Å². The van der Waals surface area contributed by atoms with Gasteiger partial charge in [-0.05, 0) is 12.1 Å². The molecule has 5 nitrogen and oxygen atoms in total. The summed E-state index contributed by atoms with van der Waals surface area (Å²) in [5, 5.41) is 11.0. The number of hydrogen-bond donors (Lipinski definition) is 1. The highest BCUT2D eigenvalue weighted by Gasteiger charge is 2.27. The van der Waals surface area contributed by atoms with Crippen molar-refractivity contribution in [2.45, 2.75) is 23.9 Å². The number of thiazole rings is 1. The van der Waals surface area contributed by atoms with Gasteiger partial charge in [0.05, 0.1) is 29.5 Å². The van der Waals surface area contributed by atoms with Gasteiger partial charge in [0.15, 0.2) is 0 Å². The Hall–Kier alpha value is -1.96. The normalized spacial score (nSPS) is 12.1. The molecule has 0 spiro atoms. The van der Waals surface area contributed by atoms with Crippen LogP contribution in [0.5, 0.6) is 0 Å². The Morgan fingerprint density at radius 3 is 2.50 bits per heavy atom. The molecule has 0 atom stereocenters. The summed E-state index contributed by atoms with van der Waals surface area (Å²) in [5.74, 6) is 0. The molecule has 1 aromatic heterocycles. The van der Waals surface area contributed by atoms with Crippen molar-refractivity contribution >= 4 is 21.4 Å². The van der Waals surface area contributed by atoms with Crippen molar-refractivity contribution in [1.82, 2.24) is 9.71 Å². The topological polar surface area (TPSA) is 82.8 Å². The van der Waals surface area contributed by atoms with Gasteiger partial charge in [0.2, 0.25) is 10.0 Å². The van der Waals surface area contributed by atoms with Crippen LogP contribution in [0.15, 0.2) is 34.5 Å². The highest BCUT2D eigenvalue weighted by Crippen LogP contribution is 2.24. The minimum atomic E-state index is -4.42. The van der Waals surface area contributed by atoms with Crippen molar-refractivity contribution in [1.29, 1.82) is 5.26 Å². The number of aromatic nitrogens is 1. The van der Waals surface area contributed by atoms with Gasteiger partial charge in [-0.2, -0.15) is 18.4 Å². The van der Waals surface area contributed by atoms with Gasteiger partial charge in [0, 0.05) is 17.5 Å². The molecule has 24 heavy (non-hydrogen) atoms. The largest absolute Gasteiger partial charge is 0.390 e. The molecule has 0 aliphatic rings. The fraction of sp³-hybridized carbons (Fsp3) is 0.286. The monoisotopic (exact) mass is 375 g/mol. The fourth-order valence-corrected chi connectivity index (χ4v) is 3.57. The van der Waals surface area contributed by atoms with Crippen LogP contribution in [0, 0.1) is 11.3 Å². The summed E-state index contributed by atoms with van der Waals surface area (Å²) in [6, 6.07) is 7.62. The minimum absolute atomic E-state index is 0.124. The Bertz CT molecular complexity index is 837. The van der Waals surface area contributed by atoms with E-state index >= 15 is 0 Å². The van der Waals surface area contributed by atoms with E-state index in [1.165, 1.54) is 35.6 Å². The van der Waals surface area contributed by atoms with Gasteiger partial charge in [-0.3, -0.25) is 0 Å². The molecule has 0 saturated heterocycles. The first kappa shape index (κ1) is 18.4. The first-order valence-corrected chi connectivity index (χ1v) is 9.06. The Labute approximate surface area is 140 Å². The molecule has 128 valence electrons. The number of nitriles is 1. The lowest BCUT2D eigenvalue weighted by Crippen LogP contribution is -2.28. The van der Waals surface area contributed by atoms with E-state index in [1.807, 2.05) is 10.8 Å². The van der Waals surface area contributed by atoms with E-state index in [-0.39, 0.29) is 11.3 Å². The Balaban J connectivity index is 2.09. The number of halogens is 3. The molecular formula is C14H12F3N3O2S2. The molecular weight excluding hydrogens is 363 g/mol. The second-order valence-corrected chi connectivity index (χ2v) is 7.46. The second kappa shape index (κ2) is 7.29. The molecule has 0 bridgehead atoms. The van der Waals surface area contributed by atoms with Crippen LogP contribution in [0.4, 0.5) is 13.2 Å². The van der Waals surface area contributed by atoms with E-state index in [0.717, 1.165) is 0 Å². The Kier molecular flexibility index (Phi) is 5.58. The third-order valence-electron chi connectivity index (χ3n) is 2.94. The van der Waals surface area contributed by atoms with Gasteiger partial charge in [0.1, 0.15) is 5.01 Å². The lowest BCUT2D eigenvalue weighted by molar-refractivity contribution is -0.132. The summed E-state index contributed by atoms with van der Waals surface area (Å²) in [4.78, 5) is 4.12.